The standard InChI is InChI=1S/C18H15N5S/c1-12-6-13(8-19)9-21-18(12)23-5-3-16-15(11-23)7-14(10-20-16)17-2-4-22-24-17/h2,4,6-7,9-10H,3,5,11H2,1H3. The van der Waals surface area contributed by atoms with E-state index in [4.69, 9.17) is 5.26 Å². The Morgan fingerprint density at radius 1 is 1.25 bits per heavy atom. The van der Waals surface area contributed by atoms with Crippen LogP contribution in [0.15, 0.2) is 36.8 Å². The first kappa shape index (κ1) is 14.8. The molecule has 1 aliphatic heterocycles. The molecule has 4 rings (SSSR count). The normalized spacial score (nSPS) is 13.4. The topological polar surface area (TPSA) is 65.7 Å². The molecule has 0 amide bonds. The maximum Gasteiger partial charge on any atom is 0.131 e. The van der Waals surface area contributed by atoms with E-state index in [1.54, 1.807) is 6.20 Å². The molecule has 3 aromatic heterocycles. The second-order valence-corrected chi connectivity index (χ2v) is 6.69. The third-order valence-electron chi connectivity index (χ3n) is 4.24. The molecule has 118 valence electrons. The number of nitrogens with zero attached hydrogens (tertiary/aromatic N) is 5. The molecular formula is C18H15N5S. The van der Waals surface area contributed by atoms with Crippen LogP contribution in [0.5, 0.6) is 0 Å². The number of nitriles is 1. The number of aromatic nitrogens is 3. The van der Waals surface area contributed by atoms with Gasteiger partial charge >= 0.3 is 0 Å². The highest BCUT2D eigenvalue weighted by molar-refractivity contribution is 7.09. The highest BCUT2D eigenvalue weighted by Crippen LogP contribution is 2.29. The first-order valence-corrected chi connectivity index (χ1v) is 8.52. The van der Waals surface area contributed by atoms with Gasteiger partial charge in [-0.05, 0) is 47.8 Å². The van der Waals surface area contributed by atoms with Gasteiger partial charge in [-0.3, -0.25) is 4.98 Å². The zero-order valence-electron chi connectivity index (χ0n) is 13.2. The molecule has 0 saturated heterocycles. The van der Waals surface area contributed by atoms with E-state index in [1.165, 1.54) is 17.1 Å². The van der Waals surface area contributed by atoms with Crippen LogP contribution in [0.25, 0.3) is 10.4 Å². The van der Waals surface area contributed by atoms with Crippen LogP contribution in [0.2, 0.25) is 0 Å². The molecule has 24 heavy (non-hydrogen) atoms. The molecule has 0 spiro atoms. The molecule has 4 heterocycles. The number of hydrogen-bond acceptors (Lipinski definition) is 6. The van der Waals surface area contributed by atoms with Crippen molar-refractivity contribution >= 4 is 17.4 Å². The van der Waals surface area contributed by atoms with Gasteiger partial charge in [0.1, 0.15) is 11.9 Å². The lowest BCUT2D eigenvalue weighted by Gasteiger charge is -2.30. The van der Waals surface area contributed by atoms with Crippen LogP contribution in [0.4, 0.5) is 5.82 Å². The summed E-state index contributed by atoms with van der Waals surface area (Å²) in [5.74, 6) is 0.947. The molecule has 3 aromatic rings. The van der Waals surface area contributed by atoms with Gasteiger partial charge in [0.2, 0.25) is 0 Å². The van der Waals surface area contributed by atoms with Crippen molar-refractivity contribution in [2.75, 3.05) is 11.4 Å². The van der Waals surface area contributed by atoms with E-state index >= 15 is 0 Å². The average Bonchev–Trinajstić information content (AvgIpc) is 3.15. The lowest BCUT2D eigenvalue weighted by Crippen LogP contribution is -2.32. The molecular weight excluding hydrogens is 318 g/mol. The van der Waals surface area contributed by atoms with E-state index in [0.29, 0.717) is 5.56 Å². The highest BCUT2D eigenvalue weighted by atomic mass is 32.1. The summed E-state index contributed by atoms with van der Waals surface area (Å²) in [5.41, 5.74) is 5.14. The molecule has 1 aliphatic rings. The Morgan fingerprint density at radius 2 is 2.17 bits per heavy atom. The third kappa shape index (κ3) is 2.63. The second kappa shape index (κ2) is 6.02. The predicted octanol–water partition coefficient (Wildman–Crippen LogP) is 3.34. The minimum Gasteiger partial charge on any atom is -0.352 e. The molecule has 0 unspecified atom stereocenters. The van der Waals surface area contributed by atoms with Gasteiger partial charge in [-0.1, -0.05) is 0 Å². The third-order valence-corrected chi connectivity index (χ3v) is 5.04. The van der Waals surface area contributed by atoms with Crippen molar-refractivity contribution in [3.05, 3.63) is 59.2 Å². The van der Waals surface area contributed by atoms with Crippen molar-refractivity contribution in [2.45, 2.75) is 19.9 Å². The van der Waals surface area contributed by atoms with Gasteiger partial charge in [-0.15, -0.1) is 0 Å². The fourth-order valence-corrected chi connectivity index (χ4v) is 3.64. The van der Waals surface area contributed by atoms with Crippen LogP contribution in [-0.4, -0.2) is 20.9 Å². The highest BCUT2D eigenvalue weighted by Gasteiger charge is 2.20. The fraction of sp³-hybridized carbons (Fsp3) is 0.222. The fourth-order valence-electron chi connectivity index (χ4n) is 3.07. The lowest BCUT2D eigenvalue weighted by molar-refractivity contribution is 0.701. The smallest absolute Gasteiger partial charge is 0.131 e. The van der Waals surface area contributed by atoms with E-state index < -0.39 is 0 Å². The number of anilines is 1. The summed E-state index contributed by atoms with van der Waals surface area (Å²) in [6.07, 6.45) is 6.30. The van der Waals surface area contributed by atoms with Gasteiger partial charge < -0.3 is 4.90 Å². The first-order valence-electron chi connectivity index (χ1n) is 7.75. The van der Waals surface area contributed by atoms with Crippen molar-refractivity contribution in [2.24, 2.45) is 0 Å². The number of pyridine rings is 2. The van der Waals surface area contributed by atoms with Crippen molar-refractivity contribution < 1.29 is 0 Å². The van der Waals surface area contributed by atoms with E-state index in [-0.39, 0.29) is 0 Å². The van der Waals surface area contributed by atoms with Gasteiger partial charge in [0.05, 0.1) is 10.4 Å². The molecule has 0 atom stereocenters. The van der Waals surface area contributed by atoms with E-state index in [2.05, 4.69) is 31.4 Å². The van der Waals surface area contributed by atoms with Crippen LogP contribution < -0.4 is 4.90 Å². The molecule has 0 radical (unpaired) electrons. The number of aryl methyl sites for hydroxylation is 1. The van der Waals surface area contributed by atoms with Gasteiger partial charge in [0.25, 0.3) is 0 Å². The van der Waals surface area contributed by atoms with Crippen LogP contribution in [-0.2, 0) is 13.0 Å². The molecule has 5 nitrogen and oxygen atoms in total. The van der Waals surface area contributed by atoms with Gasteiger partial charge in [0.15, 0.2) is 0 Å². The summed E-state index contributed by atoms with van der Waals surface area (Å²) in [6.45, 7) is 3.68. The van der Waals surface area contributed by atoms with E-state index in [9.17, 15) is 0 Å². The predicted molar refractivity (Wildman–Crippen MR) is 93.8 cm³/mol. The van der Waals surface area contributed by atoms with Gasteiger partial charge in [-0.25, -0.2) is 9.36 Å². The van der Waals surface area contributed by atoms with Crippen LogP contribution >= 0.6 is 11.5 Å². The maximum atomic E-state index is 9.00. The van der Waals surface area contributed by atoms with Crippen molar-refractivity contribution in [1.29, 1.82) is 5.26 Å². The average molecular weight is 333 g/mol. The summed E-state index contributed by atoms with van der Waals surface area (Å²) in [4.78, 5) is 12.5. The summed E-state index contributed by atoms with van der Waals surface area (Å²) < 4.78 is 4.17. The Balaban J connectivity index is 1.66. The second-order valence-electron chi connectivity index (χ2n) is 5.85. The van der Waals surface area contributed by atoms with Gasteiger partial charge in [-0.2, -0.15) is 5.26 Å². The molecule has 0 N–H and O–H groups in total. The zero-order chi connectivity index (χ0) is 16.5. The Bertz CT molecular complexity index is 927. The molecule has 0 aromatic carbocycles. The summed E-state index contributed by atoms with van der Waals surface area (Å²) in [7, 11) is 0. The van der Waals surface area contributed by atoms with Crippen LogP contribution in [0, 0.1) is 18.3 Å². The quantitative estimate of drug-likeness (QED) is 0.719. The zero-order valence-corrected chi connectivity index (χ0v) is 14.0. The van der Waals surface area contributed by atoms with E-state index in [0.717, 1.165) is 47.0 Å². The molecule has 6 heteroatoms. The van der Waals surface area contributed by atoms with E-state index in [1.807, 2.05) is 31.5 Å². The number of rotatable bonds is 2. The number of hydrogen-bond donors (Lipinski definition) is 0. The monoisotopic (exact) mass is 333 g/mol. The first-order chi connectivity index (χ1) is 11.7. The summed E-state index contributed by atoms with van der Waals surface area (Å²) >= 11 is 1.48. The van der Waals surface area contributed by atoms with Crippen LogP contribution in [0.1, 0.15) is 22.4 Å². The molecule has 0 aliphatic carbocycles. The summed E-state index contributed by atoms with van der Waals surface area (Å²) in [6, 6.07) is 8.26. The molecule has 0 bridgehead atoms. The van der Waals surface area contributed by atoms with Gasteiger partial charge in [0, 0.05) is 49.4 Å². The van der Waals surface area contributed by atoms with Crippen LogP contribution in [0.3, 0.4) is 0 Å². The summed E-state index contributed by atoms with van der Waals surface area (Å²) in [5, 5.41) is 9.00. The largest absolute Gasteiger partial charge is 0.352 e. The Morgan fingerprint density at radius 3 is 2.92 bits per heavy atom. The minimum absolute atomic E-state index is 0.600. The van der Waals surface area contributed by atoms with Crippen molar-refractivity contribution in [3.8, 4) is 16.5 Å². The lowest BCUT2D eigenvalue weighted by atomic mass is 10.0. The SMILES string of the molecule is Cc1cc(C#N)cnc1N1CCc2ncc(-c3ccns3)cc2C1. The Kier molecular flexibility index (Phi) is 3.71. The molecule has 0 fully saturated rings. The Labute approximate surface area is 144 Å². The van der Waals surface area contributed by atoms with Crippen molar-refractivity contribution in [1.82, 2.24) is 14.3 Å². The maximum absolute atomic E-state index is 9.00. The molecule has 0 saturated carbocycles. The number of fused-ring (bicyclic) bond motifs is 1. The van der Waals surface area contributed by atoms with Crippen molar-refractivity contribution in [3.63, 3.8) is 0 Å². The minimum atomic E-state index is 0.600. The Hall–Kier alpha value is -2.78.